The normalized spacial score (nSPS) is 18.5. The topological polar surface area (TPSA) is 92.9 Å². The third kappa shape index (κ3) is 4.01. The summed E-state index contributed by atoms with van der Waals surface area (Å²) in [5.74, 6) is 0.249. The van der Waals surface area contributed by atoms with Crippen LogP contribution in [0.15, 0.2) is 29.2 Å². The number of carbonyl (C=O) groups is 1. The van der Waals surface area contributed by atoms with Gasteiger partial charge < -0.3 is 10.5 Å². The highest BCUT2D eigenvalue weighted by atomic mass is 32.2. The summed E-state index contributed by atoms with van der Waals surface area (Å²) in [5.41, 5.74) is 5.29. The van der Waals surface area contributed by atoms with Crippen molar-refractivity contribution in [1.29, 1.82) is 0 Å². The zero-order valence-corrected chi connectivity index (χ0v) is 14.3. The van der Waals surface area contributed by atoms with Crippen LogP contribution < -0.4 is 10.5 Å². The number of nitrogens with two attached hydrogens (primary N) is 1. The van der Waals surface area contributed by atoms with Crippen molar-refractivity contribution in [2.45, 2.75) is 24.8 Å². The predicted octanol–water partition coefficient (Wildman–Crippen LogP) is 0.265. The van der Waals surface area contributed by atoms with Crippen LogP contribution in [0.3, 0.4) is 0 Å². The van der Waals surface area contributed by atoms with Crippen LogP contribution in [0, 0.1) is 0 Å². The Bertz CT molecular complexity index is 637. The van der Waals surface area contributed by atoms with E-state index in [1.165, 1.54) is 4.31 Å². The lowest BCUT2D eigenvalue weighted by atomic mass is 10.2. The van der Waals surface area contributed by atoms with Crippen LogP contribution in [0.25, 0.3) is 0 Å². The number of piperazine rings is 1. The van der Waals surface area contributed by atoms with Crippen LogP contribution >= 0.6 is 0 Å². The first-order valence-electron chi connectivity index (χ1n) is 7.62. The first-order chi connectivity index (χ1) is 10.9. The summed E-state index contributed by atoms with van der Waals surface area (Å²) in [6.07, 6.45) is 0. The van der Waals surface area contributed by atoms with Crippen molar-refractivity contribution in [2.75, 3.05) is 32.8 Å². The molecule has 0 unspecified atom stereocenters. The van der Waals surface area contributed by atoms with Gasteiger partial charge in [0.05, 0.1) is 17.5 Å². The molecule has 8 heteroatoms. The van der Waals surface area contributed by atoms with Crippen molar-refractivity contribution < 1.29 is 17.9 Å². The number of benzene rings is 1. The second-order valence-corrected chi connectivity index (χ2v) is 7.36. The molecule has 2 N–H and O–H groups in total. The maximum atomic E-state index is 12.6. The van der Waals surface area contributed by atoms with Crippen LogP contribution in [-0.2, 0) is 14.8 Å². The lowest BCUT2D eigenvalue weighted by molar-refractivity contribution is -0.123. The Labute approximate surface area is 137 Å². The molecule has 1 aromatic carbocycles. The van der Waals surface area contributed by atoms with Gasteiger partial charge in [0.1, 0.15) is 5.75 Å². The minimum Gasteiger partial charge on any atom is -0.494 e. The van der Waals surface area contributed by atoms with E-state index in [0.717, 1.165) is 0 Å². The Hall–Kier alpha value is -1.64. The molecule has 1 heterocycles. The molecule has 0 aliphatic carbocycles. The standard InChI is InChI=1S/C15H23N3O4S/c1-3-22-13-4-6-14(7-5-13)23(20,21)18-10-8-17(9-11-18)12(2)15(16)19/h4-7,12H,3,8-11H2,1-2H3,(H2,16,19)/t12-/m0/s1. The third-order valence-electron chi connectivity index (χ3n) is 4.01. The van der Waals surface area contributed by atoms with E-state index in [9.17, 15) is 13.2 Å². The molecule has 1 aliphatic heterocycles. The molecular formula is C15H23N3O4S. The number of carbonyl (C=O) groups excluding carboxylic acids is 1. The van der Waals surface area contributed by atoms with Crippen molar-refractivity contribution in [1.82, 2.24) is 9.21 Å². The van der Waals surface area contributed by atoms with Crippen molar-refractivity contribution >= 4 is 15.9 Å². The number of primary amides is 1. The summed E-state index contributed by atoms with van der Waals surface area (Å²) >= 11 is 0. The number of ether oxygens (including phenoxy) is 1. The molecule has 1 saturated heterocycles. The average molecular weight is 341 g/mol. The Morgan fingerprint density at radius 1 is 1.22 bits per heavy atom. The van der Waals surface area contributed by atoms with Gasteiger partial charge in [-0.15, -0.1) is 0 Å². The maximum absolute atomic E-state index is 12.6. The fourth-order valence-corrected chi connectivity index (χ4v) is 3.96. The van der Waals surface area contributed by atoms with E-state index in [-0.39, 0.29) is 10.9 Å². The van der Waals surface area contributed by atoms with Crippen LogP contribution in [-0.4, -0.2) is 62.4 Å². The van der Waals surface area contributed by atoms with Gasteiger partial charge in [-0.25, -0.2) is 8.42 Å². The van der Waals surface area contributed by atoms with E-state index >= 15 is 0 Å². The first kappa shape index (κ1) is 17.7. The van der Waals surface area contributed by atoms with Gasteiger partial charge >= 0.3 is 0 Å². The molecule has 1 aliphatic rings. The summed E-state index contributed by atoms with van der Waals surface area (Å²) in [7, 11) is -3.53. The molecule has 0 bridgehead atoms. The SMILES string of the molecule is CCOc1ccc(S(=O)(=O)N2CCN([C@@H](C)C(N)=O)CC2)cc1. The molecule has 1 atom stereocenters. The highest BCUT2D eigenvalue weighted by Gasteiger charge is 2.31. The lowest BCUT2D eigenvalue weighted by Gasteiger charge is -2.36. The molecule has 1 aromatic rings. The first-order valence-corrected chi connectivity index (χ1v) is 9.06. The van der Waals surface area contributed by atoms with Crippen LogP contribution in [0.2, 0.25) is 0 Å². The molecule has 0 spiro atoms. The Morgan fingerprint density at radius 2 is 1.78 bits per heavy atom. The van der Waals surface area contributed by atoms with Crippen LogP contribution in [0.4, 0.5) is 0 Å². The fourth-order valence-electron chi connectivity index (χ4n) is 2.53. The smallest absolute Gasteiger partial charge is 0.243 e. The largest absolute Gasteiger partial charge is 0.494 e. The van der Waals surface area contributed by atoms with Gasteiger partial charge in [-0.2, -0.15) is 4.31 Å². The number of hydrogen-bond acceptors (Lipinski definition) is 5. The number of nitrogens with zero attached hydrogens (tertiary/aromatic N) is 2. The molecule has 2 rings (SSSR count). The molecule has 7 nitrogen and oxygen atoms in total. The predicted molar refractivity (Wildman–Crippen MR) is 86.6 cm³/mol. The number of sulfonamides is 1. The quantitative estimate of drug-likeness (QED) is 0.801. The van der Waals surface area contributed by atoms with E-state index in [0.29, 0.717) is 38.5 Å². The Morgan fingerprint density at radius 3 is 2.26 bits per heavy atom. The fraction of sp³-hybridized carbons (Fsp3) is 0.533. The van der Waals surface area contributed by atoms with Gasteiger partial charge in [-0.3, -0.25) is 9.69 Å². The molecule has 0 radical (unpaired) electrons. The minimum atomic E-state index is -3.53. The highest BCUT2D eigenvalue weighted by Crippen LogP contribution is 2.21. The lowest BCUT2D eigenvalue weighted by Crippen LogP contribution is -2.54. The zero-order chi connectivity index (χ0) is 17.0. The van der Waals surface area contributed by atoms with E-state index in [1.807, 2.05) is 11.8 Å². The Kier molecular flexibility index (Phi) is 5.61. The maximum Gasteiger partial charge on any atom is 0.243 e. The van der Waals surface area contributed by atoms with Crippen LogP contribution in [0.1, 0.15) is 13.8 Å². The highest BCUT2D eigenvalue weighted by molar-refractivity contribution is 7.89. The van der Waals surface area contributed by atoms with Crippen molar-refractivity contribution in [3.05, 3.63) is 24.3 Å². The molecule has 0 aromatic heterocycles. The average Bonchev–Trinajstić information content (AvgIpc) is 2.55. The zero-order valence-electron chi connectivity index (χ0n) is 13.4. The van der Waals surface area contributed by atoms with Crippen molar-refractivity contribution in [3.8, 4) is 5.75 Å². The van der Waals surface area contributed by atoms with E-state index < -0.39 is 15.9 Å². The van der Waals surface area contributed by atoms with Gasteiger partial charge in [-0.05, 0) is 38.1 Å². The monoisotopic (exact) mass is 341 g/mol. The van der Waals surface area contributed by atoms with Crippen LogP contribution in [0.5, 0.6) is 5.75 Å². The number of hydrogen-bond donors (Lipinski definition) is 1. The van der Waals surface area contributed by atoms with E-state index in [2.05, 4.69) is 0 Å². The van der Waals surface area contributed by atoms with Gasteiger partial charge in [0, 0.05) is 26.2 Å². The molecule has 0 saturated carbocycles. The third-order valence-corrected chi connectivity index (χ3v) is 5.92. The Balaban J connectivity index is 2.05. The van der Waals surface area contributed by atoms with Crippen molar-refractivity contribution in [3.63, 3.8) is 0 Å². The van der Waals surface area contributed by atoms with E-state index in [4.69, 9.17) is 10.5 Å². The molecular weight excluding hydrogens is 318 g/mol. The molecule has 23 heavy (non-hydrogen) atoms. The van der Waals surface area contributed by atoms with Crippen molar-refractivity contribution in [2.24, 2.45) is 5.73 Å². The molecule has 1 fully saturated rings. The van der Waals surface area contributed by atoms with Gasteiger partial charge in [0.25, 0.3) is 0 Å². The minimum absolute atomic E-state index is 0.248. The van der Waals surface area contributed by atoms with Gasteiger partial charge in [-0.1, -0.05) is 0 Å². The summed E-state index contributed by atoms with van der Waals surface area (Å²) < 4.78 is 32.0. The second-order valence-electron chi connectivity index (χ2n) is 5.42. The van der Waals surface area contributed by atoms with Gasteiger partial charge in [0.2, 0.25) is 15.9 Å². The summed E-state index contributed by atoms with van der Waals surface area (Å²) in [6.45, 7) is 5.79. The summed E-state index contributed by atoms with van der Waals surface area (Å²) in [5, 5.41) is 0. The summed E-state index contributed by atoms with van der Waals surface area (Å²) in [6, 6.07) is 6.03. The van der Waals surface area contributed by atoms with Gasteiger partial charge in [0.15, 0.2) is 0 Å². The molecule has 1 amide bonds. The summed E-state index contributed by atoms with van der Waals surface area (Å²) in [4.78, 5) is 13.4. The second kappa shape index (κ2) is 7.29. The number of rotatable bonds is 6. The number of amides is 1. The molecule has 128 valence electrons. The van der Waals surface area contributed by atoms with E-state index in [1.54, 1.807) is 31.2 Å².